The number of hydrogen-bond donors (Lipinski definition) is 1. The zero-order valence-electron chi connectivity index (χ0n) is 9.39. The largest absolute Gasteiger partial charge is 0.316 e. The molecule has 3 unspecified atom stereocenters. The standard InChI is InChI=1S/C10H24N2/c1-7-8(2)12(6)10(4)9(3)11-5/h8-11H,7H2,1-6H3. The molecule has 0 amide bonds. The Bertz CT molecular complexity index is 100. The van der Waals surface area contributed by atoms with Crippen LogP contribution < -0.4 is 5.32 Å². The molecule has 12 heavy (non-hydrogen) atoms. The summed E-state index contributed by atoms with van der Waals surface area (Å²) in [6.45, 7) is 9.01. The van der Waals surface area contributed by atoms with Crippen LogP contribution in [0.25, 0.3) is 0 Å². The molecule has 1 N–H and O–H groups in total. The van der Waals surface area contributed by atoms with Crippen molar-refractivity contribution in [2.75, 3.05) is 14.1 Å². The molecule has 0 saturated carbocycles. The molecule has 74 valence electrons. The maximum absolute atomic E-state index is 3.28. The van der Waals surface area contributed by atoms with E-state index in [1.54, 1.807) is 0 Å². The molecule has 0 aliphatic carbocycles. The van der Waals surface area contributed by atoms with Gasteiger partial charge in [0.15, 0.2) is 0 Å². The highest BCUT2D eigenvalue weighted by atomic mass is 15.2. The summed E-state index contributed by atoms with van der Waals surface area (Å²) in [5, 5.41) is 3.28. The van der Waals surface area contributed by atoms with Crippen molar-refractivity contribution < 1.29 is 0 Å². The van der Waals surface area contributed by atoms with E-state index in [-0.39, 0.29) is 0 Å². The van der Waals surface area contributed by atoms with Crippen molar-refractivity contribution >= 4 is 0 Å². The van der Waals surface area contributed by atoms with Crippen LogP contribution in [-0.2, 0) is 0 Å². The summed E-state index contributed by atoms with van der Waals surface area (Å²) in [5.41, 5.74) is 0. The van der Waals surface area contributed by atoms with Gasteiger partial charge in [0, 0.05) is 18.1 Å². The third kappa shape index (κ3) is 3.11. The number of hydrogen-bond acceptors (Lipinski definition) is 2. The maximum Gasteiger partial charge on any atom is 0.0218 e. The van der Waals surface area contributed by atoms with Crippen molar-refractivity contribution in [3.05, 3.63) is 0 Å². The van der Waals surface area contributed by atoms with Gasteiger partial charge in [0.05, 0.1) is 0 Å². The van der Waals surface area contributed by atoms with Crippen molar-refractivity contribution in [3.8, 4) is 0 Å². The van der Waals surface area contributed by atoms with Crippen molar-refractivity contribution in [3.63, 3.8) is 0 Å². The molecule has 0 bridgehead atoms. The molecule has 3 atom stereocenters. The van der Waals surface area contributed by atoms with Gasteiger partial charge in [-0.3, -0.25) is 4.90 Å². The van der Waals surface area contributed by atoms with Crippen LogP contribution in [0.4, 0.5) is 0 Å². The Morgan fingerprint density at radius 1 is 1.25 bits per heavy atom. The third-order valence-electron chi connectivity index (χ3n) is 3.11. The van der Waals surface area contributed by atoms with Gasteiger partial charge in [-0.05, 0) is 41.3 Å². The summed E-state index contributed by atoms with van der Waals surface area (Å²) in [4.78, 5) is 2.43. The third-order valence-corrected chi connectivity index (χ3v) is 3.11. The zero-order chi connectivity index (χ0) is 9.72. The fourth-order valence-corrected chi connectivity index (χ4v) is 1.28. The summed E-state index contributed by atoms with van der Waals surface area (Å²) in [7, 11) is 4.22. The monoisotopic (exact) mass is 172 g/mol. The predicted molar refractivity (Wildman–Crippen MR) is 55.5 cm³/mol. The molecule has 0 rings (SSSR count). The van der Waals surface area contributed by atoms with Gasteiger partial charge in [-0.15, -0.1) is 0 Å². The molecule has 0 saturated heterocycles. The topological polar surface area (TPSA) is 15.3 Å². The Morgan fingerprint density at radius 2 is 1.75 bits per heavy atom. The first-order valence-corrected chi connectivity index (χ1v) is 4.93. The Hall–Kier alpha value is -0.0800. The molecular formula is C10H24N2. The van der Waals surface area contributed by atoms with E-state index in [1.165, 1.54) is 6.42 Å². The van der Waals surface area contributed by atoms with Crippen LogP contribution in [0.1, 0.15) is 34.1 Å². The molecule has 0 heterocycles. The first-order chi connectivity index (χ1) is 5.54. The SMILES string of the molecule is CCC(C)N(C)C(C)C(C)NC. The smallest absolute Gasteiger partial charge is 0.0218 e. The Kier molecular flexibility index (Phi) is 5.51. The molecule has 0 aromatic heterocycles. The fourth-order valence-electron chi connectivity index (χ4n) is 1.28. The second-order valence-corrected chi connectivity index (χ2v) is 3.74. The van der Waals surface area contributed by atoms with Crippen LogP contribution in [0.2, 0.25) is 0 Å². The van der Waals surface area contributed by atoms with E-state index in [2.05, 4.69) is 45.0 Å². The van der Waals surface area contributed by atoms with Gasteiger partial charge in [0.1, 0.15) is 0 Å². The molecule has 0 fully saturated rings. The molecule has 2 nitrogen and oxygen atoms in total. The minimum atomic E-state index is 0.559. The van der Waals surface area contributed by atoms with E-state index in [4.69, 9.17) is 0 Å². The average Bonchev–Trinajstić information content (AvgIpc) is 2.12. The first kappa shape index (κ1) is 11.9. The summed E-state index contributed by atoms with van der Waals surface area (Å²) >= 11 is 0. The highest BCUT2D eigenvalue weighted by Crippen LogP contribution is 2.08. The van der Waals surface area contributed by atoms with Gasteiger partial charge in [-0.1, -0.05) is 6.92 Å². The Labute approximate surface area is 77.3 Å². The van der Waals surface area contributed by atoms with E-state index in [0.717, 1.165) is 0 Å². The van der Waals surface area contributed by atoms with E-state index < -0.39 is 0 Å². The normalized spacial score (nSPS) is 19.2. The Morgan fingerprint density at radius 3 is 2.08 bits per heavy atom. The van der Waals surface area contributed by atoms with Crippen LogP contribution in [0.15, 0.2) is 0 Å². The minimum absolute atomic E-state index is 0.559. The molecule has 2 heteroatoms. The number of nitrogens with zero attached hydrogens (tertiary/aromatic N) is 1. The van der Waals surface area contributed by atoms with Gasteiger partial charge in [-0.25, -0.2) is 0 Å². The molecule has 0 aliphatic rings. The van der Waals surface area contributed by atoms with Gasteiger partial charge in [0.2, 0.25) is 0 Å². The molecule has 0 spiro atoms. The lowest BCUT2D eigenvalue weighted by atomic mass is 10.1. The van der Waals surface area contributed by atoms with Crippen LogP contribution in [0.5, 0.6) is 0 Å². The fraction of sp³-hybridized carbons (Fsp3) is 1.00. The highest BCUT2D eigenvalue weighted by Gasteiger charge is 2.18. The zero-order valence-corrected chi connectivity index (χ0v) is 9.39. The maximum atomic E-state index is 3.28. The second-order valence-electron chi connectivity index (χ2n) is 3.74. The van der Waals surface area contributed by atoms with Gasteiger partial charge >= 0.3 is 0 Å². The van der Waals surface area contributed by atoms with E-state index in [1.807, 2.05) is 7.05 Å². The number of nitrogens with one attached hydrogen (secondary N) is 1. The number of likely N-dealkylation sites (N-methyl/N-ethyl adjacent to an activating group) is 2. The van der Waals surface area contributed by atoms with Crippen molar-refractivity contribution in [2.45, 2.75) is 52.2 Å². The van der Waals surface area contributed by atoms with Crippen LogP contribution in [0, 0.1) is 0 Å². The van der Waals surface area contributed by atoms with Gasteiger partial charge in [-0.2, -0.15) is 0 Å². The molecule has 0 aromatic rings. The minimum Gasteiger partial charge on any atom is -0.316 e. The summed E-state index contributed by atoms with van der Waals surface area (Å²) in [5.74, 6) is 0. The lowest BCUT2D eigenvalue weighted by molar-refractivity contribution is 0.164. The van der Waals surface area contributed by atoms with Crippen LogP contribution in [-0.4, -0.2) is 37.1 Å². The predicted octanol–water partition coefficient (Wildman–Crippen LogP) is 1.71. The average molecular weight is 172 g/mol. The number of rotatable bonds is 5. The molecule has 0 aromatic carbocycles. The van der Waals surface area contributed by atoms with Crippen molar-refractivity contribution in [1.29, 1.82) is 0 Å². The van der Waals surface area contributed by atoms with Crippen LogP contribution in [0.3, 0.4) is 0 Å². The van der Waals surface area contributed by atoms with Gasteiger partial charge in [0.25, 0.3) is 0 Å². The molecule has 0 aliphatic heterocycles. The summed E-state index contributed by atoms with van der Waals surface area (Å²) in [6.07, 6.45) is 1.22. The quantitative estimate of drug-likeness (QED) is 0.679. The Balaban J connectivity index is 3.99. The first-order valence-electron chi connectivity index (χ1n) is 4.93. The lowest BCUT2D eigenvalue weighted by Crippen LogP contribution is -2.47. The van der Waals surface area contributed by atoms with Crippen LogP contribution >= 0.6 is 0 Å². The van der Waals surface area contributed by atoms with E-state index >= 15 is 0 Å². The highest BCUT2D eigenvalue weighted by molar-refractivity contribution is 4.77. The van der Waals surface area contributed by atoms with E-state index in [0.29, 0.717) is 18.1 Å². The molecular weight excluding hydrogens is 148 g/mol. The summed E-state index contributed by atoms with van der Waals surface area (Å²) < 4.78 is 0. The second kappa shape index (κ2) is 5.55. The summed E-state index contributed by atoms with van der Waals surface area (Å²) in [6, 6.07) is 1.84. The van der Waals surface area contributed by atoms with Crippen molar-refractivity contribution in [2.24, 2.45) is 0 Å². The lowest BCUT2D eigenvalue weighted by Gasteiger charge is -2.33. The van der Waals surface area contributed by atoms with Crippen molar-refractivity contribution in [1.82, 2.24) is 10.2 Å². The van der Waals surface area contributed by atoms with E-state index in [9.17, 15) is 0 Å². The molecule has 0 radical (unpaired) electrons. The van der Waals surface area contributed by atoms with Gasteiger partial charge < -0.3 is 5.32 Å².